The molecule has 3 aromatic carbocycles. The molecule has 0 aliphatic heterocycles. The van der Waals surface area contributed by atoms with E-state index in [1.54, 1.807) is 36.5 Å². The van der Waals surface area contributed by atoms with Crippen molar-refractivity contribution in [1.82, 2.24) is 20.3 Å². The first-order valence-electron chi connectivity index (χ1n) is 11.1. The van der Waals surface area contributed by atoms with Gasteiger partial charge in [-0.25, -0.2) is 9.59 Å². The number of aromatic nitrogens is 3. The molecule has 0 unspecified atom stereocenters. The number of fused-ring (bicyclic) bond motifs is 2. The van der Waals surface area contributed by atoms with E-state index in [2.05, 4.69) is 25.6 Å². The van der Waals surface area contributed by atoms with E-state index in [0.29, 0.717) is 28.4 Å². The highest BCUT2D eigenvalue weighted by atomic mass is 16.5. The maximum Gasteiger partial charge on any atom is 0.326 e. The Bertz CT molecular complexity index is 1560. The van der Waals surface area contributed by atoms with E-state index in [-0.39, 0.29) is 12.4 Å². The number of amides is 2. The largest absolute Gasteiger partial charge is 0.480 e. The van der Waals surface area contributed by atoms with Crippen LogP contribution in [0.25, 0.3) is 21.8 Å². The molecular weight excluding hydrogens is 460 g/mol. The van der Waals surface area contributed by atoms with Gasteiger partial charge < -0.3 is 31.2 Å². The van der Waals surface area contributed by atoms with Gasteiger partial charge in [0.2, 0.25) is 11.8 Å². The maximum absolute atomic E-state index is 12.5. The Morgan fingerprint density at radius 3 is 2.56 bits per heavy atom. The van der Waals surface area contributed by atoms with Crippen molar-refractivity contribution in [1.29, 1.82) is 0 Å². The monoisotopic (exact) mass is 482 g/mol. The van der Waals surface area contributed by atoms with Crippen LogP contribution in [0.3, 0.4) is 0 Å². The first-order chi connectivity index (χ1) is 17.4. The Balaban J connectivity index is 1.22. The second kappa shape index (κ2) is 9.63. The Hall–Kier alpha value is -5.12. The number of urea groups is 1. The van der Waals surface area contributed by atoms with Gasteiger partial charge in [-0.05, 0) is 46.7 Å². The molecule has 0 aliphatic rings. The number of carbonyl (C=O) groups excluding carboxylic acids is 1. The predicted octanol–water partition coefficient (Wildman–Crippen LogP) is 4.30. The van der Waals surface area contributed by atoms with Crippen LogP contribution in [0.2, 0.25) is 0 Å². The van der Waals surface area contributed by atoms with Crippen molar-refractivity contribution in [2.45, 2.75) is 12.5 Å². The van der Waals surface area contributed by atoms with Crippen molar-refractivity contribution in [2.75, 3.05) is 11.1 Å². The van der Waals surface area contributed by atoms with Gasteiger partial charge in [0.05, 0.1) is 5.39 Å². The molecule has 0 radical (unpaired) electrons. The number of aliphatic carboxylic acids is 1. The normalized spacial score (nSPS) is 11.8. The number of rotatable bonds is 7. The van der Waals surface area contributed by atoms with Gasteiger partial charge in [-0.3, -0.25) is 0 Å². The second-order valence-electron chi connectivity index (χ2n) is 8.13. The molecule has 0 aliphatic carbocycles. The molecule has 0 fully saturated rings. The number of aromatic amines is 1. The minimum atomic E-state index is -1.12. The number of hydrogen-bond donors (Lipinski definition) is 5. The summed E-state index contributed by atoms with van der Waals surface area (Å²) in [6, 6.07) is 20.2. The smallest absolute Gasteiger partial charge is 0.326 e. The Morgan fingerprint density at radius 2 is 1.78 bits per heavy atom. The summed E-state index contributed by atoms with van der Waals surface area (Å²) in [5.41, 5.74) is 7.56. The van der Waals surface area contributed by atoms with Gasteiger partial charge in [0.1, 0.15) is 17.4 Å². The summed E-state index contributed by atoms with van der Waals surface area (Å²) in [5, 5.41) is 17.6. The number of hydrogen-bond acceptors (Lipinski definition) is 6. The topological polar surface area (TPSA) is 155 Å². The second-order valence-corrected chi connectivity index (χ2v) is 8.13. The SMILES string of the molecule is Nc1nc(Oc2ccc(NC(=O)N[C@@H](Cc3ccc4ccccc4c3)C(=O)O)cc2)c2cc[nH]c2n1. The quantitative estimate of drug-likeness (QED) is 0.231. The first kappa shape index (κ1) is 22.7. The summed E-state index contributed by atoms with van der Waals surface area (Å²) in [4.78, 5) is 35.5. The van der Waals surface area contributed by atoms with Crippen LogP contribution >= 0.6 is 0 Å². The molecule has 0 saturated carbocycles. The molecule has 180 valence electrons. The lowest BCUT2D eigenvalue weighted by molar-refractivity contribution is -0.139. The number of H-pyrrole nitrogens is 1. The molecule has 1 atom stereocenters. The molecule has 6 N–H and O–H groups in total. The molecule has 2 aromatic heterocycles. The number of nitrogens with zero attached hydrogens (tertiary/aromatic N) is 2. The molecule has 0 bridgehead atoms. The molecule has 0 spiro atoms. The van der Waals surface area contributed by atoms with Gasteiger partial charge >= 0.3 is 12.0 Å². The molecule has 10 heteroatoms. The Kier molecular flexibility index (Phi) is 6.06. The van der Waals surface area contributed by atoms with E-state index < -0.39 is 18.0 Å². The fourth-order valence-electron chi connectivity index (χ4n) is 3.85. The van der Waals surface area contributed by atoms with E-state index in [9.17, 15) is 14.7 Å². The van der Waals surface area contributed by atoms with Gasteiger partial charge in [0.25, 0.3) is 0 Å². The molecule has 2 heterocycles. The molecule has 36 heavy (non-hydrogen) atoms. The lowest BCUT2D eigenvalue weighted by Gasteiger charge is -2.16. The Labute approximate surface area is 205 Å². The summed E-state index contributed by atoms with van der Waals surface area (Å²) in [7, 11) is 0. The van der Waals surface area contributed by atoms with Crippen molar-refractivity contribution in [3.63, 3.8) is 0 Å². The molecule has 10 nitrogen and oxygen atoms in total. The van der Waals surface area contributed by atoms with E-state index in [1.165, 1.54) is 0 Å². The van der Waals surface area contributed by atoms with Crippen LogP contribution < -0.4 is 21.1 Å². The van der Waals surface area contributed by atoms with Crippen molar-refractivity contribution in [3.05, 3.63) is 84.6 Å². The van der Waals surface area contributed by atoms with E-state index >= 15 is 0 Å². The maximum atomic E-state index is 12.5. The van der Waals surface area contributed by atoms with Crippen LogP contribution in [0.4, 0.5) is 16.4 Å². The third kappa shape index (κ3) is 5.02. The first-order valence-corrected chi connectivity index (χ1v) is 11.1. The van der Waals surface area contributed by atoms with Crippen molar-refractivity contribution >= 4 is 45.4 Å². The van der Waals surface area contributed by atoms with Gasteiger partial charge in [0.15, 0.2) is 0 Å². The average Bonchev–Trinajstić information content (AvgIpc) is 3.33. The zero-order valence-corrected chi connectivity index (χ0v) is 18.9. The molecule has 5 rings (SSSR count). The fraction of sp³-hybridized carbons (Fsp3) is 0.0769. The third-order valence-electron chi connectivity index (χ3n) is 5.58. The van der Waals surface area contributed by atoms with Crippen LogP contribution in [0.5, 0.6) is 11.6 Å². The summed E-state index contributed by atoms with van der Waals surface area (Å²) in [6.07, 6.45) is 1.86. The predicted molar refractivity (Wildman–Crippen MR) is 136 cm³/mol. The number of anilines is 2. The molecule has 0 saturated heterocycles. The van der Waals surface area contributed by atoms with Crippen LogP contribution in [-0.4, -0.2) is 38.1 Å². The summed E-state index contributed by atoms with van der Waals surface area (Å²) < 4.78 is 5.83. The van der Waals surface area contributed by atoms with Crippen molar-refractivity contribution in [2.24, 2.45) is 0 Å². The third-order valence-corrected chi connectivity index (χ3v) is 5.58. The highest BCUT2D eigenvalue weighted by molar-refractivity contribution is 5.92. The highest BCUT2D eigenvalue weighted by Crippen LogP contribution is 2.28. The zero-order chi connectivity index (χ0) is 25.1. The zero-order valence-electron chi connectivity index (χ0n) is 18.9. The molecular formula is C26H22N6O4. The van der Waals surface area contributed by atoms with Gasteiger partial charge in [-0.1, -0.05) is 42.5 Å². The number of carboxylic acid groups (broad SMARTS) is 1. The summed E-state index contributed by atoms with van der Waals surface area (Å²) >= 11 is 0. The fourth-order valence-corrected chi connectivity index (χ4v) is 3.85. The van der Waals surface area contributed by atoms with E-state index in [0.717, 1.165) is 16.3 Å². The number of benzene rings is 3. The number of nitrogens with two attached hydrogens (primary N) is 1. The average molecular weight is 483 g/mol. The lowest BCUT2D eigenvalue weighted by atomic mass is 10.0. The van der Waals surface area contributed by atoms with Gasteiger partial charge in [-0.2, -0.15) is 9.97 Å². The van der Waals surface area contributed by atoms with Crippen molar-refractivity contribution in [3.8, 4) is 11.6 Å². The number of carbonyl (C=O) groups is 2. The van der Waals surface area contributed by atoms with Crippen LogP contribution in [0.1, 0.15) is 5.56 Å². The lowest BCUT2D eigenvalue weighted by Crippen LogP contribution is -2.44. The minimum Gasteiger partial charge on any atom is -0.480 e. The summed E-state index contributed by atoms with van der Waals surface area (Å²) in [6.45, 7) is 0. The van der Waals surface area contributed by atoms with Crippen LogP contribution in [0, 0.1) is 0 Å². The number of ether oxygens (including phenoxy) is 1. The minimum absolute atomic E-state index is 0.0755. The number of nitrogens with one attached hydrogen (secondary N) is 3. The van der Waals surface area contributed by atoms with E-state index in [4.69, 9.17) is 10.5 Å². The van der Waals surface area contributed by atoms with Gasteiger partial charge in [-0.15, -0.1) is 0 Å². The van der Waals surface area contributed by atoms with Crippen molar-refractivity contribution < 1.29 is 19.4 Å². The van der Waals surface area contributed by atoms with Gasteiger partial charge in [0, 0.05) is 18.3 Å². The van der Waals surface area contributed by atoms with Crippen LogP contribution in [0.15, 0.2) is 79.0 Å². The number of nitrogen functional groups attached to an aromatic ring is 1. The van der Waals surface area contributed by atoms with Crippen LogP contribution in [-0.2, 0) is 11.2 Å². The molecule has 5 aromatic rings. The highest BCUT2D eigenvalue weighted by Gasteiger charge is 2.21. The van der Waals surface area contributed by atoms with E-state index in [1.807, 2.05) is 42.5 Å². The molecule has 2 amide bonds. The Morgan fingerprint density at radius 1 is 1.00 bits per heavy atom. The number of carboxylic acids is 1. The summed E-state index contributed by atoms with van der Waals surface area (Å²) in [5.74, 6) is -0.273. The standard InChI is InChI=1S/C26H22N6O4/c27-25-31-22-20(11-12-28-22)23(32-25)36-19-9-7-18(8-10-19)29-26(35)30-21(24(33)34)14-15-5-6-16-3-1-2-4-17(16)13-15/h1-13,21H,14H2,(H,33,34)(H2,29,30,35)(H3,27,28,31,32)/t21-/m0/s1.